The van der Waals surface area contributed by atoms with Crippen molar-refractivity contribution in [3.05, 3.63) is 0 Å². The lowest BCUT2D eigenvalue weighted by molar-refractivity contribution is -0.195. The molecule has 0 N–H and O–H groups in total. The molecule has 2 heteroatoms. The smallest absolute Gasteiger partial charge is 0.310 e. The normalized spacial score (nSPS) is 34.0. The summed E-state index contributed by atoms with van der Waals surface area (Å²) in [7, 11) is 0. The topological polar surface area (TPSA) is 26.3 Å². The minimum Gasteiger partial charge on any atom is -0.458 e. The van der Waals surface area contributed by atoms with Gasteiger partial charge in [0.15, 0.2) is 0 Å². The van der Waals surface area contributed by atoms with Crippen LogP contribution in [0.4, 0.5) is 0 Å². The molecule has 0 radical (unpaired) electrons. The van der Waals surface area contributed by atoms with Crippen LogP contribution in [0.25, 0.3) is 0 Å². The molecule has 0 spiro atoms. The van der Waals surface area contributed by atoms with Gasteiger partial charge in [0.25, 0.3) is 0 Å². The molecule has 1 saturated heterocycles. The fraction of sp³-hybridized carbons (Fsp3) is 0.857. The van der Waals surface area contributed by atoms with Gasteiger partial charge >= 0.3 is 5.97 Å². The van der Waals surface area contributed by atoms with Crippen LogP contribution < -0.4 is 0 Å². The maximum Gasteiger partial charge on any atom is 0.310 e. The third-order valence-electron chi connectivity index (χ3n) is 2.06. The van der Waals surface area contributed by atoms with Crippen molar-refractivity contribution in [2.45, 2.75) is 32.8 Å². The Labute approximate surface area is 55.2 Å². The summed E-state index contributed by atoms with van der Waals surface area (Å²) >= 11 is 0. The van der Waals surface area contributed by atoms with Crippen LogP contribution in [0, 0.1) is 5.92 Å². The van der Waals surface area contributed by atoms with Gasteiger partial charge in [-0.05, 0) is 12.8 Å². The second-order valence-electron chi connectivity index (χ2n) is 3.12. The molecule has 0 aromatic carbocycles. The number of rotatable bonds is 1. The highest BCUT2D eigenvalue weighted by Gasteiger charge is 2.43. The van der Waals surface area contributed by atoms with E-state index in [1.165, 1.54) is 0 Å². The van der Waals surface area contributed by atoms with Crippen molar-refractivity contribution in [1.29, 1.82) is 0 Å². The van der Waals surface area contributed by atoms with E-state index in [2.05, 4.69) is 13.8 Å². The Kier molecular flexibility index (Phi) is 1.26. The maximum atomic E-state index is 10.4. The Balaban J connectivity index is 2.49. The number of carbonyl (C=O) groups excluding carboxylic acids is 1. The summed E-state index contributed by atoms with van der Waals surface area (Å²) in [6.45, 7) is 6.10. The molecule has 52 valence electrons. The van der Waals surface area contributed by atoms with Gasteiger partial charge in [0.2, 0.25) is 0 Å². The van der Waals surface area contributed by atoms with Gasteiger partial charge in [-0.2, -0.15) is 0 Å². The zero-order valence-corrected chi connectivity index (χ0v) is 6.10. The third-order valence-corrected chi connectivity index (χ3v) is 2.06. The highest BCUT2D eigenvalue weighted by atomic mass is 16.6. The molecule has 1 heterocycles. The van der Waals surface area contributed by atoms with E-state index in [0.29, 0.717) is 12.3 Å². The molecule has 1 unspecified atom stereocenters. The zero-order chi connectivity index (χ0) is 7.07. The van der Waals surface area contributed by atoms with Crippen molar-refractivity contribution in [2.24, 2.45) is 5.92 Å². The molecule has 0 aliphatic carbocycles. The average molecular weight is 128 g/mol. The van der Waals surface area contributed by atoms with E-state index in [0.717, 1.165) is 0 Å². The molecule has 0 amide bonds. The summed E-state index contributed by atoms with van der Waals surface area (Å²) in [6.07, 6.45) is 0.588. The minimum absolute atomic E-state index is 0.0637. The van der Waals surface area contributed by atoms with Gasteiger partial charge in [-0.25, -0.2) is 0 Å². The van der Waals surface area contributed by atoms with E-state index in [9.17, 15) is 4.79 Å². The Morgan fingerprint density at radius 3 is 2.22 bits per heavy atom. The van der Waals surface area contributed by atoms with Crippen molar-refractivity contribution >= 4 is 5.97 Å². The lowest BCUT2D eigenvalue weighted by atomic mass is 9.85. The first-order valence-corrected chi connectivity index (χ1v) is 3.26. The highest BCUT2D eigenvalue weighted by Crippen LogP contribution is 2.33. The monoisotopic (exact) mass is 128 g/mol. The number of hydrogen-bond donors (Lipinski definition) is 0. The fourth-order valence-electron chi connectivity index (χ4n) is 0.860. The molecule has 1 rings (SSSR count). The largest absolute Gasteiger partial charge is 0.458 e. The Morgan fingerprint density at radius 2 is 2.11 bits per heavy atom. The summed E-state index contributed by atoms with van der Waals surface area (Å²) < 4.78 is 4.95. The molecule has 1 atom stereocenters. The minimum atomic E-state index is -0.156. The Morgan fingerprint density at radius 1 is 1.67 bits per heavy atom. The summed E-state index contributed by atoms with van der Waals surface area (Å²) in [6, 6.07) is 0. The van der Waals surface area contributed by atoms with Gasteiger partial charge in [0.1, 0.15) is 5.60 Å². The number of esters is 1. The molecule has 0 saturated carbocycles. The van der Waals surface area contributed by atoms with Crippen LogP contribution in [-0.2, 0) is 9.53 Å². The second-order valence-corrected chi connectivity index (χ2v) is 3.12. The maximum absolute atomic E-state index is 10.4. The number of carbonyl (C=O) groups is 1. The molecule has 0 bridgehead atoms. The van der Waals surface area contributed by atoms with Crippen LogP contribution in [0.15, 0.2) is 0 Å². The number of cyclic esters (lactones) is 1. The predicted octanol–water partition coefficient (Wildman–Crippen LogP) is 1.35. The second kappa shape index (κ2) is 1.72. The average Bonchev–Trinajstić information content (AvgIpc) is 1.62. The molecule has 1 fully saturated rings. The standard InChI is InChI=1S/C7H12O2/c1-5(2)7(3)4-6(8)9-7/h5H,4H2,1-3H3. The summed E-state index contributed by atoms with van der Waals surface area (Å²) in [5, 5.41) is 0. The lowest BCUT2D eigenvalue weighted by Crippen LogP contribution is -2.48. The van der Waals surface area contributed by atoms with Crippen LogP contribution in [0.2, 0.25) is 0 Å². The zero-order valence-electron chi connectivity index (χ0n) is 6.10. The van der Waals surface area contributed by atoms with Crippen molar-refractivity contribution in [2.75, 3.05) is 0 Å². The third kappa shape index (κ3) is 0.934. The molecular weight excluding hydrogens is 116 g/mol. The summed E-state index contributed by atoms with van der Waals surface area (Å²) in [5.74, 6) is 0.376. The van der Waals surface area contributed by atoms with Crippen molar-refractivity contribution < 1.29 is 9.53 Å². The SMILES string of the molecule is CC(C)C1(C)CC(=O)O1. The van der Waals surface area contributed by atoms with Gasteiger partial charge in [-0.1, -0.05) is 13.8 Å². The van der Waals surface area contributed by atoms with E-state index < -0.39 is 0 Å². The molecule has 2 nitrogen and oxygen atoms in total. The Hall–Kier alpha value is -0.530. The van der Waals surface area contributed by atoms with E-state index in [4.69, 9.17) is 4.74 Å². The van der Waals surface area contributed by atoms with Gasteiger partial charge < -0.3 is 4.74 Å². The molecular formula is C7H12O2. The van der Waals surface area contributed by atoms with Gasteiger partial charge in [-0.3, -0.25) is 4.79 Å². The van der Waals surface area contributed by atoms with Gasteiger partial charge in [0, 0.05) is 0 Å². The van der Waals surface area contributed by atoms with Crippen LogP contribution in [0.5, 0.6) is 0 Å². The van der Waals surface area contributed by atoms with E-state index in [1.807, 2.05) is 6.92 Å². The van der Waals surface area contributed by atoms with Crippen LogP contribution in [0.3, 0.4) is 0 Å². The first-order chi connectivity index (χ1) is 4.04. The van der Waals surface area contributed by atoms with E-state index in [-0.39, 0.29) is 11.6 Å². The van der Waals surface area contributed by atoms with E-state index in [1.54, 1.807) is 0 Å². The molecule has 1 aliphatic heterocycles. The first kappa shape index (κ1) is 6.59. The molecule has 1 aliphatic rings. The predicted molar refractivity (Wildman–Crippen MR) is 34.0 cm³/mol. The van der Waals surface area contributed by atoms with Gasteiger partial charge in [-0.15, -0.1) is 0 Å². The fourth-order valence-corrected chi connectivity index (χ4v) is 0.860. The quantitative estimate of drug-likeness (QED) is 0.498. The van der Waals surface area contributed by atoms with Crippen LogP contribution >= 0.6 is 0 Å². The first-order valence-electron chi connectivity index (χ1n) is 3.26. The van der Waals surface area contributed by atoms with Crippen molar-refractivity contribution in [3.8, 4) is 0 Å². The molecule has 9 heavy (non-hydrogen) atoms. The van der Waals surface area contributed by atoms with Gasteiger partial charge in [0.05, 0.1) is 6.42 Å². The highest BCUT2D eigenvalue weighted by molar-refractivity contribution is 5.76. The number of ether oxygens (including phenoxy) is 1. The van der Waals surface area contributed by atoms with Crippen molar-refractivity contribution in [1.82, 2.24) is 0 Å². The summed E-state index contributed by atoms with van der Waals surface area (Å²) in [4.78, 5) is 10.4. The van der Waals surface area contributed by atoms with Crippen LogP contribution in [0.1, 0.15) is 27.2 Å². The van der Waals surface area contributed by atoms with Crippen molar-refractivity contribution in [3.63, 3.8) is 0 Å². The molecule has 0 aromatic rings. The lowest BCUT2D eigenvalue weighted by Gasteiger charge is -2.40. The summed E-state index contributed by atoms with van der Waals surface area (Å²) in [5.41, 5.74) is -0.156. The van der Waals surface area contributed by atoms with E-state index >= 15 is 0 Å². The molecule has 0 aromatic heterocycles. The Bertz CT molecular complexity index is 130. The van der Waals surface area contributed by atoms with Crippen LogP contribution in [-0.4, -0.2) is 11.6 Å². The number of hydrogen-bond acceptors (Lipinski definition) is 2.